The van der Waals surface area contributed by atoms with Gasteiger partial charge < -0.3 is 5.32 Å². The zero-order valence-corrected chi connectivity index (χ0v) is 11.7. The van der Waals surface area contributed by atoms with E-state index in [4.69, 9.17) is 0 Å². The van der Waals surface area contributed by atoms with E-state index in [1.807, 2.05) is 12.4 Å². The highest BCUT2D eigenvalue weighted by molar-refractivity contribution is 9.10. The molecule has 0 saturated carbocycles. The fourth-order valence-electron chi connectivity index (χ4n) is 1.86. The Labute approximate surface area is 110 Å². The number of hydrogen-bond donors (Lipinski definition) is 1. The molecule has 0 bridgehead atoms. The Kier molecular flexibility index (Phi) is 4.12. The molecule has 0 saturated heterocycles. The molecule has 17 heavy (non-hydrogen) atoms. The van der Waals surface area contributed by atoms with Crippen molar-refractivity contribution in [1.29, 1.82) is 0 Å². The van der Waals surface area contributed by atoms with Crippen LogP contribution >= 0.6 is 15.9 Å². The van der Waals surface area contributed by atoms with Gasteiger partial charge in [-0.15, -0.1) is 0 Å². The summed E-state index contributed by atoms with van der Waals surface area (Å²) in [6.07, 6.45) is 8.01. The van der Waals surface area contributed by atoms with Gasteiger partial charge in [0.15, 0.2) is 5.65 Å². The van der Waals surface area contributed by atoms with Crippen LogP contribution in [0, 0.1) is 0 Å². The first kappa shape index (κ1) is 12.5. The Morgan fingerprint density at radius 1 is 1.41 bits per heavy atom. The number of halogens is 1. The molecular formula is C12H17BrN4. The molecule has 1 unspecified atom stereocenters. The van der Waals surface area contributed by atoms with Gasteiger partial charge >= 0.3 is 0 Å². The highest BCUT2D eigenvalue weighted by Crippen LogP contribution is 2.10. The van der Waals surface area contributed by atoms with Crippen molar-refractivity contribution >= 4 is 21.6 Å². The van der Waals surface area contributed by atoms with E-state index in [1.165, 1.54) is 12.8 Å². The van der Waals surface area contributed by atoms with Crippen LogP contribution in [0.25, 0.3) is 5.65 Å². The van der Waals surface area contributed by atoms with Gasteiger partial charge in [0.05, 0.1) is 18.1 Å². The summed E-state index contributed by atoms with van der Waals surface area (Å²) in [6, 6.07) is 0.538. The van der Waals surface area contributed by atoms with Crippen molar-refractivity contribution in [3.63, 3.8) is 0 Å². The maximum Gasteiger partial charge on any atom is 0.155 e. The van der Waals surface area contributed by atoms with Gasteiger partial charge in [-0.25, -0.2) is 9.97 Å². The highest BCUT2D eigenvalue weighted by atomic mass is 79.9. The Bertz CT molecular complexity index is 494. The van der Waals surface area contributed by atoms with Crippen LogP contribution in [0.4, 0.5) is 0 Å². The van der Waals surface area contributed by atoms with E-state index in [-0.39, 0.29) is 0 Å². The van der Waals surface area contributed by atoms with Crippen molar-refractivity contribution in [2.75, 3.05) is 0 Å². The molecule has 2 aromatic heterocycles. The molecular weight excluding hydrogens is 280 g/mol. The van der Waals surface area contributed by atoms with Crippen LogP contribution in [-0.4, -0.2) is 20.4 Å². The van der Waals surface area contributed by atoms with Crippen molar-refractivity contribution in [3.05, 3.63) is 28.9 Å². The molecule has 2 aromatic rings. The van der Waals surface area contributed by atoms with Crippen molar-refractivity contribution in [1.82, 2.24) is 19.7 Å². The Balaban J connectivity index is 2.10. The maximum atomic E-state index is 4.32. The first-order valence-corrected chi connectivity index (χ1v) is 6.71. The molecule has 0 aliphatic heterocycles. The van der Waals surface area contributed by atoms with Gasteiger partial charge in [-0.1, -0.05) is 13.3 Å². The minimum atomic E-state index is 0.538. The molecule has 2 rings (SSSR count). The maximum absolute atomic E-state index is 4.32. The molecule has 1 atom stereocenters. The third kappa shape index (κ3) is 3.04. The molecule has 1 N–H and O–H groups in total. The van der Waals surface area contributed by atoms with Gasteiger partial charge in [-0.2, -0.15) is 0 Å². The van der Waals surface area contributed by atoms with Gasteiger partial charge in [0, 0.05) is 18.8 Å². The van der Waals surface area contributed by atoms with Crippen LogP contribution in [0.1, 0.15) is 32.4 Å². The average Bonchev–Trinajstić information content (AvgIpc) is 2.69. The fraction of sp³-hybridized carbons (Fsp3) is 0.500. The minimum Gasteiger partial charge on any atom is -0.309 e. The average molecular weight is 297 g/mol. The summed E-state index contributed by atoms with van der Waals surface area (Å²) in [5.41, 5.74) is 2.04. The molecule has 92 valence electrons. The van der Waals surface area contributed by atoms with Gasteiger partial charge in [0.25, 0.3) is 0 Å². The Morgan fingerprint density at radius 2 is 2.24 bits per heavy atom. The van der Waals surface area contributed by atoms with Crippen LogP contribution < -0.4 is 5.32 Å². The number of rotatable bonds is 5. The lowest BCUT2D eigenvalue weighted by molar-refractivity contribution is 0.503. The molecule has 0 aromatic carbocycles. The summed E-state index contributed by atoms with van der Waals surface area (Å²) in [6.45, 7) is 5.25. The normalized spacial score (nSPS) is 13.1. The van der Waals surface area contributed by atoms with E-state index < -0.39 is 0 Å². The summed E-state index contributed by atoms with van der Waals surface area (Å²) < 4.78 is 2.88. The predicted molar refractivity (Wildman–Crippen MR) is 71.9 cm³/mol. The third-order valence-electron chi connectivity index (χ3n) is 2.79. The molecule has 0 fully saturated rings. The van der Waals surface area contributed by atoms with Crippen molar-refractivity contribution in [3.8, 4) is 0 Å². The molecule has 0 spiro atoms. The van der Waals surface area contributed by atoms with Crippen LogP contribution in [0.2, 0.25) is 0 Å². The standard InChI is InChI=1S/C12H17BrN4/c1-3-4-9(2)14-5-10-6-16-12-7-15-11(13)8-17(10)12/h6-9,14H,3-5H2,1-2H3. The molecule has 0 aliphatic carbocycles. The molecule has 0 radical (unpaired) electrons. The number of hydrogen-bond acceptors (Lipinski definition) is 3. The lowest BCUT2D eigenvalue weighted by Gasteiger charge is -2.12. The first-order valence-electron chi connectivity index (χ1n) is 5.91. The summed E-state index contributed by atoms with van der Waals surface area (Å²) in [5, 5.41) is 3.50. The fourth-order valence-corrected chi connectivity index (χ4v) is 2.17. The Hall–Kier alpha value is -0.940. The minimum absolute atomic E-state index is 0.538. The van der Waals surface area contributed by atoms with E-state index >= 15 is 0 Å². The molecule has 0 aliphatic rings. The van der Waals surface area contributed by atoms with E-state index in [0.29, 0.717) is 6.04 Å². The first-order chi connectivity index (χ1) is 8.20. The van der Waals surface area contributed by atoms with Gasteiger partial charge in [-0.05, 0) is 29.3 Å². The van der Waals surface area contributed by atoms with Crippen molar-refractivity contribution in [2.24, 2.45) is 0 Å². The zero-order chi connectivity index (χ0) is 12.3. The van der Waals surface area contributed by atoms with E-state index in [2.05, 4.69) is 49.5 Å². The number of nitrogens with one attached hydrogen (secondary N) is 1. The number of fused-ring (bicyclic) bond motifs is 1. The number of aromatic nitrogens is 3. The second kappa shape index (κ2) is 5.60. The summed E-state index contributed by atoms with van der Waals surface area (Å²) in [5.74, 6) is 0. The van der Waals surface area contributed by atoms with E-state index in [0.717, 1.165) is 22.5 Å². The summed E-state index contributed by atoms with van der Waals surface area (Å²) in [4.78, 5) is 8.48. The highest BCUT2D eigenvalue weighted by Gasteiger charge is 2.05. The lowest BCUT2D eigenvalue weighted by atomic mass is 10.2. The van der Waals surface area contributed by atoms with Crippen LogP contribution in [0.3, 0.4) is 0 Å². The summed E-state index contributed by atoms with van der Waals surface area (Å²) in [7, 11) is 0. The SMILES string of the molecule is CCCC(C)NCc1cnc2cnc(Br)cn12. The molecule has 5 heteroatoms. The summed E-state index contributed by atoms with van der Waals surface area (Å²) >= 11 is 3.38. The molecule has 2 heterocycles. The van der Waals surface area contributed by atoms with E-state index in [9.17, 15) is 0 Å². The number of imidazole rings is 1. The number of nitrogens with zero attached hydrogens (tertiary/aromatic N) is 3. The molecule has 0 amide bonds. The third-order valence-corrected chi connectivity index (χ3v) is 3.20. The largest absolute Gasteiger partial charge is 0.309 e. The smallest absolute Gasteiger partial charge is 0.155 e. The second-order valence-corrected chi connectivity index (χ2v) is 5.07. The molecule has 4 nitrogen and oxygen atoms in total. The topological polar surface area (TPSA) is 42.2 Å². The van der Waals surface area contributed by atoms with E-state index in [1.54, 1.807) is 6.20 Å². The van der Waals surface area contributed by atoms with Crippen LogP contribution in [0.15, 0.2) is 23.2 Å². The Morgan fingerprint density at radius 3 is 3.00 bits per heavy atom. The predicted octanol–water partition coefficient (Wildman–Crippen LogP) is 2.77. The quantitative estimate of drug-likeness (QED) is 0.922. The van der Waals surface area contributed by atoms with Crippen molar-refractivity contribution < 1.29 is 0 Å². The van der Waals surface area contributed by atoms with Crippen LogP contribution in [0.5, 0.6) is 0 Å². The second-order valence-electron chi connectivity index (χ2n) is 4.26. The lowest BCUT2D eigenvalue weighted by Crippen LogP contribution is -2.25. The van der Waals surface area contributed by atoms with Crippen LogP contribution in [-0.2, 0) is 6.54 Å². The monoisotopic (exact) mass is 296 g/mol. The van der Waals surface area contributed by atoms with Crippen molar-refractivity contribution in [2.45, 2.75) is 39.3 Å². The zero-order valence-electron chi connectivity index (χ0n) is 10.2. The van der Waals surface area contributed by atoms with Gasteiger partial charge in [-0.3, -0.25) is 4.40 Å². The van der Waals surface area contributed by atoms with Gasteiger partial charge in [0.1, 0.15) is 4.60 Å². The van der Waals surface area contributed by atoms with Gasteiger partial charge in [0.2, 0.25) is 0 Å².